The predicted molar refractivity (Wildman–Crippen MR) is 72.8 cm³/mol. The van der Waals surface area contributed by atoms with Gasteiger partial charge < -0.3 is 20.6 Å². The Hall–Kier alpha value is -1.60. The minimum absolute atomic E-state index is 0.188. The van der Waals surface area contributed by atoms with Crippen LogP contribution in [0.1, 0.15) is 25.7 Å². The van der Waals surface area contributed by atoms with Gasteiger partial charge in [-0.3, -0.25) is 0 Å². The molecular formula is C12H21N5O2. The van der Waals surface area contributed by atoms with Gasteiger partial charge in [-0.25, -0.2) is 15.8 Å². The zero-order valence-corrected chi connectivity index (χ0v) is 11.1. The first-order chi connectivity index (χ1) is 9.30. The first-order valence-corrected chi connectivity index (χ1v) is 6.53. The fraction of sp³-hybridized carbons (Fsp3) is 0.667. The van der Waals surface area contributed by atoms with Gasteiger partial charge in [0.15, 0.2) is 11.6 Å². The molecule has 0 saturated heterocycles. The number of rotatable bonds is 5. The fourth-order valence-electron chi connectivity index (χ4n) is 2.56. The van der Waals surface area contributed by atoms with Crippen molar-refractivity contribution in [1.82, 2.24) is 9.97 Å². The highest BCUT2D eigenvalue weighted by Crippen LogP contribution is 2.32. The number of aromatic nitrogens is 2. The normalized spacial score (nSPS) is 22.9. The van der Waals surface area contributed by atoms with Crippen LogP contribution in [0.15, 0.2) is 6.33 Å². The number of aliphatic hydroxyl groups is 1. The van der Waals surface area contributed by atoms with E-state index >= 15 is 0 Å². The number of methoxy groups -OCH3 is 1. The Morgan fingerprint density at radius 2 is 2.11 bits per heavy atom. The Bertz CT molecular complexity index is 415. The lowest BCUT2D eigenvalue weighted by molar-refractivity contribution is 0.178. The van der Waals surface area contributed by atoms with Crippen LogP contribution in [0.4, 0.5) is 11.6 Å². The van der Waals surface area contributed by atoms with E-state index in [1.807, 2.05) is 0 Å². The third kappa shape index (κ3) is 3.05. The van der Waals surface area contributed by atoms with Gasteiger partial charge in [0.1, 0.15) is 6.33 Å². The topological polar surface area (TPSA) is 105 Å². The van der Waals surface area contributed by atoms with Crippen molar-refractivity contribution in [3.8, 4) is 5.75 Å². The van der Waals surface area contributed by atoms with Crippen molar-refractivity contribution in [2.24, 2.45) is 11.8 Å². The summed E-state index contributed by atoms with van der Waals surface area (Å²) in [6.07, 6.45) is 5.80. The zero-order valence-electron chi connectivity index (χ0n) is 11.1. The van der Waals surface area contributed by atoms with Crippen molar-refractivity contribution in [2.75, 3.05) is 24.5 Å². The molecule has 1 aliphatic rings. The first-order valence-electron chi connectivity index (χ1n) is 6.53. The maximum Gasteiger partial charge on any atom is 0.205 e. The molecule has 1 fully saturated rings. The summed E-state index contributed by atoms with van der Waals surface area (Å²) in [7, 11) is 1.55. The second-order valence-electron chi connectivity index (χ2n) is 4.73. The molecule has 0 aromatic carbocycles. The van der Waals surface area contributed by atoms with E-state index in [9.17, 15) is 5.11 Å². The number of nitrogen functional groups attached to an aromatic ring is 1. The number of aliphatic hydroxyl groups excluding tert-OH is 1. The van der Waals surface area contributed by atoms with E-state index in [1.165, 1.54) is 12.7 Å². The maximum atomic E-state index is 9.43. The number of nitrogens with zero attached hydrogens (tertiary/aromatic N) is 2. The summed E-state index contributed by atoms with van der Waals surface area (Å²) in [5.74, 6) is 7.19. The number of anilines is 2. The second kappa shape index (κ2) is 6.53. The zero-order chi connectivity index (χ0) is 13.7. The van der Waals surface area contributed by atoms with Gasteiger partial charge in [-0.2, -0.15) is 0 Å². The minimum atomic E-state index is 0.188. The Balaban J connectivity index is 2.17. The van der Waals surface area contributed by atoms with Crippen molar-refractivity contribution in [3.05, 3.63) is 6.33 Å². The van der Waals surface area contributed by atoms with Gasteiger partial charge >= 0.3 is 0 Å². The van der Waals surface area contributed by atoms with Crippen molar-refractivity contribution in [1.29, 1.82) is 0 Å². The number of ether oxygens (including phenoxy) is 1. The van der Waals surface area contributed by atoms with Crippen LogP contribution < -0.4 is 21.3 Å². The highest BCUT2D eigenvalue weighted by Gasteiger charge is 2.26. The number of nitrogens with one attached hydrogen (secondary N) is 2. The smallest absolute Gasteiger partial charge is 0.205 e. The van der Waals surface area contributed by atoms with E-state index in [2.05, 4.69) is 20.7 Å². The molecule has 0 amide bonds. The van der Waals surface area contributed by atoms with Crippen LogP contribution >= 0.6 is 0 Å². The molecule has 0 aliphatic heterocycles. The van der Waals surface area contributed by atoms with Crippen molar-refractivity contribution in [3.63, 3.8) is 0 Å². The molecule has 1 heterocycles. The molecule has 1 aliphatic carbocycles. The summed E-state index contributed by atoms with van der Waals surface area (Å²) in [5.41, 5.74) is 2.48. The molecule has 106 valence electrons. The third-order valence-electron chi connectivity index (χ3n) is 3.61. The maximum absolute atomic E-state index is 9.43. The molecule has 19 heavy (non-hydrogen) atoms. The van der Waals surface area contributed by atoms with Gasteiger partial charge in [-0.05, 0) is 12.8 Å². The van der Waals surface area contributed by atoms with E-state index in [4.69, 9.17) is 10.6 Å². The average Bonchev–Trinajstić information content (AvgIpc) is 2.47. The standard InChI is InChI=1S/C12H21N5O2/c1-19-10-11(14-7-15-12(10)17-13)16-9-5-3-2-4-8(9)6-18/h7-9,18H,2-6,13H2,1H3,(H2,14,15,16,17). The molecule has 2 rings (SSSR count). The Morgan fingerprint density at radius 1 is 1.37 bits per heavy atom. The number of hydrazine groups is 1. The lowest BCUT2D eigenvalue weighted by atomic mass is 9.85. The second-order valence-corrected chi connectivity index (χ2v) is 4.73. The lowest BCUT2D eigenvalue weighted by Crippen LogP contribution is -2.34. The van der Waals surface area contributed by atoms with Crippen LogP contribution in [0.2, 0.25) is 0 Å². The largest absolute Gasteiger partial charge is 0.490 e. The summed E-state index contributed by atoms with van der Waals surface area (Å²) in [5, 5.41) is 12.8. The van der Waals surface area contributed by atoms with E-state index < -0.39 is 0 Å². The summed E-state index contributed by atoms with van der Waals surface area (Å²) in [6, 6.07) is 0.202. The molecule has 1 aromatic rings. The SMILES string of the molecule is COc1c(NN)ncnc1NC1CCCCC1CO. The Labute approximate surface area is 112 Å². The average molecular weight is 267 g/mol. The Morgan fingerprint density at radius 3 is 2.79 bits per heavy atom. The number of hydrogen-bond acceptors (Lipinski definition) is 7. The van der Waals surface area contributed by atoms with E-state index in [-0.39, 0.29) is 18.6 Å². The Kier molecular flexibility index (Phi) is 4.75. The molecule has 0 radical (unpaired) electrons. The molecular weight excluding hydrogens is 246 g/mol. The first kappa shape index (κ1) is 13.8. The summed E-state index contributed by atoms with van der Waals surface area (Å²) in [6.45, 7) is 0.188. The summed E-state index contributed by atoms with van der Waals surface area (Å²) in [4.78, 5) is 8.20. The van der Waals surface area contributed by atoms with E-state index in [1.54, 1.807) is 7.11 Å². The van der Waals surface area contributed by atoms with E-state index in [0.717, 1.165) is 19.3 Å². The fourth-order valence-corrected chi connectivity index (χ4v) is 2.56. The highest BCUT2D eigenvalue weighted by atomic mass is 16.5. The van der Waals surface area contributed by atoms with Gasteiger partial charge in [-0.1, -0.05) is 12.8 Å². The predicted octanol–water partition coefficient (Wildman–Crippen LogP) is 0.734. The van der Waals surface area contributed by atoms with Crippen molar-refractivity contribution < 1.29 is 9.84 Å². The molecule has 2 unspecified atom stereocenters. The van der Waals surface area contributed by atoms with Crippen molar-refractivity contribution >= 4 is 11.6 Å². The number of nitrogens with two attached hydrogens (primary N) is 1. The molecule has 1 saturated carbocycles. The van der Waals surface area contributed by atoms with Crippen molar-refractivity contribution in [2.45, 2.75) is 31.7 Å². The highest BCUT2D eigenvalue weighted by molar-refractivity contribution is 5.63. The summed E-state index contributed by atoms with van der Waals surface area (Å²) >= 11 is 0. The van der Waals surface area contributed by atoms with Gasteiger partial charge in [0, 0.05) is 18.6 Å². The minimum Gasteiger partial charge on any atom is -0.490 e. The molecule has 0 bridgehead atoms. The monoisotopic (exact) mass is 267 g/mol. The molecule has 7 heteroatoms. The van der Waals surface area contributed by atoms with Crippen LogP contribution in [0, 0.1) is 5.92 Å². The van der Waals surface area contributed by atoms with Gasteiger partial charge in [0.2, 0.25) is 5.75 Å². The molecule has 0 spiro atoms. The molecule has 2 atom stereocenters. The van der Waals surface area contributed by atoms with Crippen LogP contribution in [0.25, 0.3) is 0 Å². The quantitative estimate of drug-likeness (QED) is 0.460. The molecule has 7 nitrogen and oxygen atoms in total. The van der Waals surface area contributed by atoms with Crippen LogP contribution in [-0.2, 0) is 0 Å². The van der Waals surface area contributed by atoms with Gasteiger partial charge in [-0.15, -0.1) is 0 Å². The summed E-state index contributed by atoms with van der Waals surface area (Å²) < 4.78 is 5.29. The van der Waals surface area contributed by atoms with Crippen LogP contribution in [-0.4, -0.2) is 34.8 Å². The van der Waals surface area contributed by atoms with Crippen LogP contribution in [0.5, 0.6) is 5.75 Å². The third-order valence-corrected chi connectivity index (χ3v) is 3.61. The molecule has 1 aromatic heterocycles. The van der Waals surface area contributed by atoms with E-state index in [0.29, 0.717) is 17.4 Å². The van der Waals surface area contributed by atoms with Crippen LogP contribution in [0.3, 0.4) is 0 Å². The van der Waals surface area contributed by atoms with Gasteiger partial charge in [0.25, 0.3) is 0 Å². The van der Waals surface area contributed by atoms with Gasteiger partial charge in [0.05, 0.1) is 7.11 Å². The lowest BCUT2D eigenvalue weighted by Gasteiger charge is -2.31. The number of hydrogen-bond donors (Lipinski definition) is 4. The molecule has 5 N–H and O–H groups in total.